The largest absolute Gasteiger partial charge is 0.417 e. The van der Waals surface area contributed by atoms with E-state index in [1.807, 2.05) is 54.6 Å². The van der Waals surface area contributed by atoms with Crippen LogP contribution in [0, 0.1) is 0 Å². The van der Waals surface area contributed by atoms with Crippen molar-refractivity contribution in [3.05, 3.63) is 156 Å². The summed E-state index contributed by atoms with van der Waals surface area (Å²) in [7, 11) is 1.60. The first-order chi connectivity index (χ1) is 24.4. The predicted molar refractivity (Wildman–Crippen MR) is 186 cm³/mol. The van der Waals surface area contributed by atoms with Gasteiger partial charge in [-0.3, -0.25) is 9.59 Å². The molecule has 0 aliphatic carbocycles. The van der Waals surface area contributed by atoms with E-state index in [0.717, 1.165) is 17.2 Å². The van der Waals surface area contributed by atoms with Crippen molar-refractivity contribution in [2.24, 2.45) is 0 Å². The van der Waals surface area contributed by atoms with Crippen molar-refractivity contribution in [1.82, 2.24) is 4.57 Å². The van der Waals surface area contributed by atoms with E-state index in [-0.39, 0.29) is 22.8 Å². The number of carbonyl (C=O) groups excluding carboxylic acids is 2. The molecular formula is C41H26F6N2O2. The lowest BCUT2D eigenvalue weighted by atomic mass is 9.95. The third-order valence-corrected chi connectivity index (χ3v) is 8.96. The van der Waals surface area contributed by atoms with Crippen LogP contribution in [0.2, 0.25) is 0 Å². The van der Waals surface area contributed by atoms with Gasteiger partial charge in [-0.2, -0.15) is 26.3 Å². The van der Waals surface area contributed by atoms with Gasteiger partial charge in [0.05, 0.1) is 33.4 Å². The fraction of sp³-hybridized carbons (Fsp3) is 0.0732. The van der Waals surface area contributed by atoms with Crippen molar-refractivity contribution >= 4 is 39.7 Å². The molecule has 0 spiro atoms. The van der Waals surface area contributed by atoms with E-state index < -0.39 is 35.0 Å². The Bertz CT molecular complexity index is 2450. The highest BCUT2D eigenvalue weighted by molar-refractivity contribution is 6.15. The monoisotopic (exact) mass is 692 g/mol. The van der Waals surface area contributed by atoms with Crippen molar-refractivity contribution in [2.75, 3.05) is 11.9 Å². The number of aromatic nitrogens is 1. The van der Waals surface area contributed by atoms with Gasteiger partial charge in [0.2, 0.25) is 0 Å². The molecule has 1 heterocycles. The molecule has 0 saturated carbocycles. The standard InChI is InChI=1S/C41H26F6N2O2/c1-48(30-18-14-26(15-19-30)25-8-3-2-4-9-25)39(51)38-28(24-50)10-7-13-37(38)49-35-12-6-5-11-32(35)33-22-27(16-21-36(33)49)31-20-17-29(40(42,43)44)23-34(31)41(45,46)47/h2-24H,1H3. The van der Waals surface area contributed by atoms with Crippen LogP contribution < -0.4 is 4.90 Å². The summed E-state index contributed by atoms with van der Waals surface area (Å²) in [5, 5.41) is 1.12. The van der Waals surface area contributed by atoms with Crippen molar-refractivity contribution in [2.45, 2.75) is 12.4 Å². The number of benzene rings is 6. The average molecular weight is 693 g/mol. The van der Waals surface area contributed by atoms with E-state index in [2.05, 4.69) is 0 Å². The summed E-state index contributed by atoms with van der Waals surface area (Å²) < 4.78 is 84.3. The molecule has 0 N–H and O–H groups in total. The molecule has 1 amide bonds. The summed E-state index contributed by atoms with van der Waals surface area (Å²) in [4.78, 5) is 28.1. The lowest BCUT2D eigenvalue weighted by molar-refractivity contribution is -0.142. The van der Waals surface area contributed by atoms with Gasteiger partial charge in [0.1, 0.15) is 0 Å². The number of carbonyl (C=O) groups is 2. The first-order valence-electron chi connectivity index (χ1n) is 15.7. The average Bonchev–Trinajstić information content (AvgIpc) is 3.47. The van der Waals surface area contributed by atoms with Crippen LogP contribution in [-0.2, 0) is 12.4 Å². The minimum Gasteiger partial charge on any atom is -0.311 e. The SMILES string of the molecule is CN(C(=O)c1c(C=O)cccc1-n1c2ccccc2c2cc(-c3ccc(C(F)(F)F)cc3C(F)(F)F)ccc21)c1ccc(-c2ccccc2)cc1. The number of aldehydes is 1. The second-order valence-electron chi connectivity index (χ2n) is 12.0. The zero-order valence-electron chi connectivity index (χ0n) is 26.8. The summed E-state index contributed by atoms with van der Waals surface area (Å²) in [6.45, 7) is 0. The van der Waals surface area contributed by atoms with Crippen LogP contribution in [0.15, 0.2) is 133 Å². The molecule has 0 bridgehead atoms. The van der Waals surface area contributed by atoms with Gasteiger partial charge in [0, 0.05) is 29.1 Å². The minimum atomic E-state index is -5.06. The quantitative estimate of drug-likeness (QED) is 0.129. The van der Waals surface area contributed by atoms with Gasteiger partial charge in [-0.15, -0.1) is 0 Å². The summed E-state index contributed by atoms with van der Waals surface area (Å²) in [6.07, 6.45) is -9.42. The number of para-hydroxylation sites is 1. The smallest absolute Gasteiger partial charge is 0.311 e. The van der Waals surface area contributed by atoms with Gasteiger partial charge in [0.25, 0.3) is 5.91 Å². The van der Waals surface area contributed by atoms with Crippen LogP contribution in [0.25, 0.3) is 49.7 Å². The van der Waals surface area contributed by atoms with Crippen LogP contribution in [0.5, 0.6) is 0 Å². The number of halogens is 6. The molecule has 0 aliphatic rings. The van der Waals surface area contributed by atoms with Gasteiger partial charge in [-0.05, 0) is 70.8 Å². The van der Waals surface area contributed by atoms with Crippen LogP contribution in [0.4, 0.5) is 32.0 Å². The zero-order chi connectivity index (χ0) is 36.1. The maximum Gasteiger partial charge on any atom is 0.417 e. The molecule has 254 valence electrons. The number of amides is 1. The maximum atomic E-state index is 14.3. The summed E-state index contributed by atoms with van der Waals surface area (Å²) in [6, 6.07) is 35.1. The minimum absolute atomic E-state index is 0.0584. The van der Waals surface area contributed by atoms with E-state index in [1.165, 1.54) is 23.1 Å². The molecule has 7 aromatic rings. The van der Waals surface area contributed by atoms with E-state index in [1.54, 1.807) is 54.1 Å². The molecule has 4 nitrogen and oxygen atoms in total. The number of hydrogen-bond acceptors (Lipinski definition) is 2. The Morgan fingerprint density at radius 2 is 1.27 bits per heavy atom. The van der Waals surface area contributed by atoms with Gasteiger partial charge in [0.15, 0.2) is 6.29 Å². The van der Waals surface area contributed by atoms with E-state index in [4.69, 9.17) is 0 Å². The predicted octanol–water partition coefficient (Wildman–Crippen LogP) is 11.2. The Balaban J connectivity index is 1.37. The molecule has 10 heteroatoms. The lowest BCUT2D eigenvalue weighted by Crippen LogP contribution is -2.28. The number of nitrogens with zero attached hydrogens (tertiary/aromatic N) is 2. The highest BCUT2D eigenvalue weighted by atomic mass is 19.4. The normalized spacial score (nSPS) is 12.0. The number of rotatable bonds is 6. The molecule has 7 rings (SSSR count). The molecule has 51 heavy (non-hydrogen) atoms. The Morgan fingerprint density at radius 3 is 1.96 bits per heavy atom. The molecule has 0 fully saturated rings. The zero-order valence-corrected chi connectivity index (χ0v) is 26.8. The van der Waals surface area contributed by atoms with E-state index in [0.29, 0.717) is 45.5 Å². The molecule has 1 aromatic heterocycles. The number of alkyl halides is 6. The maximum absolute atomic E-state index is 14.3. The van der Waals surface area contributed by atoms with Crippen molar-refractivity contribution in [3.8, 4) is 27.9 Å². The second kappa shape index (κ2) is 12.6. The number of anilines is 1. The lowest BCUT2D eigenvalue weighted by Gasteiger charge is -2.22. The Morgan fingerprint density at radius 1 is 0.627 bits per heavy atom. The molecule has 0 aliphatic heterocycles. The Hall–Kier alpha value is -6.16. The third-order valence-electron chi connectivity index (χ3n) is 8.96. The van der Waals surface area contributed by atoms with Crippen LogP contribution in [0.3, 0.4) is 0 Å². The number of hydrogen-bond donors (Lipinski definition) is 0. The van der Waals surface area contributed by atoms with Crippen LogP contribution in [-0.4, -0.2) is 23.8 Å². The van der Waals surface area contributed by atoms with Gasteiger partial charge in [-0.25, -0.2) is 0 Å². The van der Waals surface area contributed by atoms with Gasteiger partial charge in [-0.1, -0.05) is 84.9 Å². The molecule has 6 aromatic carbocycles. The van der Waals surface area contributed by atoms with Crippen molar-refractivity contribution in [1.29, 1.82) is 0 Å². The van der Waals surface area contributed by atoms with Gasteiger partial charge >= 0.3 is 12.4 Å². The topological polar surface area (TPSA) is 42.3 Å². The summed E-state index contributed by atoms with van der Waals surface area (Å²) in [5.74, 6) is -0.470. The fourth-order valence-electron chi connectivity index (χ4n) is 6.47. The summed E-state index contributed by atoms with van der Waals surface area (Å²) >= 11 is 0. The molecule has 0 radical (unpaired) electrons. The first kappa shape index (κ1) is 33.3. The second-order valence-corrected chi connectivity index (χ2v) is 12.0. The number of fused-ring (bicyclic) bond motifs is 3. The Kier molecular flexibility index (Phi) is 8.25. The summed E-state index contributed by atoms with van der Waals surface area (Å²) in [5.41, 5.74) is 1.09. The molecule has 0 unspecified atom stereocenters. The molecule has 0 saturated heterocycles. The van der Waals surface area contributed by atoms with Crippen LogP contribution in [0.1, 0.15) is 31.8 Å². The Labute approximate surface area is 287 Å². The van der Waals surface area contributed by atoms with E-state index >= 15 is 0 Å². The third kappa shape index (κ3) is 6.03. The van der Waals surface area contributed by atoms with Gasteiger partial charge < -0.3 is 9.47 Å². The van der Waals surface area contributed by atoms with Crippen LogP contribution >= 0.6 is 0 Å². The fourth-order valence-corrected chi connectivity index (χ4v) is 6.47. The van der Waals surface area contributed by atoms with Crippen molar-refractivity contribution < 1.29 is 35.9 Å². The van der Waals surface area contributed by atoms with Crippen molar-refractivity contribution in [3.63, 3.8) is 0 Å². The molecular weight excluding hydrogens is 666 g/mol. The van der Waals surface area contributed by atoms with E-state index in [9.17, 15) is 35.9 Å². The first-order valence-corrected chi connectivity index (χ1v) is 15.7. The molecule has 0 atom stereocenters. The highest BCUT2D eigenvalue weighted by Crippen LogP contribution is 2.43. The highest BCUT2D eigenvalue weighted by Gasteiger charge is 2.38.